The van der Waals surface area contributed by atoms with Gasteiger partial charge in [-0.1, -0.05) is 73.9 Å². The van der Waals surface area contributed by atoms with E-state index in [2.05, 4.69) is 68.9 Å². The van der Waals surface area contributed by atoms with Crippen molar-refractivity contribution in [2.24, 2.45) is 0 Å². The van der Waals surface area contributed by atoms with Crippen molar-refractivity contribution < 1.29 is 58.3 Å². The highest BCUT2D eigenvalue weighted by Gasteiger charge is 2.19. The molecule has 0 bridgehead atoms. The van der Waals surface area contributed by atoms with Crippen molar-refractivity contribution in [3.8, 4) is 0 Å². The molecule has 0 fully saturated rings. The van der Waals surface area contributed by atoms with Gasteiger partial charge in [-0.05, 0) is 49.9 Å². The van der Waals surface area contributed by atoms with Gasteiger partial charge in [0.15, 0.2) is 0 Å². The van der Waals surface area contributed by atoms with Crippen LogP contribution in [0.25, 0.3) is 0 Å². The molecule has 2 aromatic rings. The molecule has 0 amide bonds. The summed E-state index contributed by atoms with van der Waals surface area (Å²) < 4.78 is 9.62. The second-order valence-corrected chi connectivity index (χ2v) is 21.5. The van der Waals surface area contributed by atoms with Crippen molar-refractivity contribution in [1.29, 1.82) is 0 Å². The monoisotopic (exact) mass is 622 g/mol. The quantitative estimate of drug-likeness (QED) is 0.0830. The minimum atomic E-state index is -1.50. The third kappa shape index (κ3) is 12.8. The van der Waals surface area contributed by atoms with Gasteiger partial charge in [0.2, 0.25) is 0 Å². The summed E-state index contributed by atoms with van der Waals surface area (Å²) in [5.41, 5.74) is 0.502. The number of hydrogen-bond donors (Lipinski definition) is 0. The van der Waals surface area contributed by atoms with Crippen LogP contribution >= 0.6 is 0 Å². The zero-order valence-electron chi connectivity index (χ0n) is 24.8. The molecule has 0 heterocycles. The summed E-state index contributed by atoms with van der Waals surface area (Å²) in [5, 5.41) is 10.8. The third-order valence-corrected chi connectivity index (χ3v) is 10.0. The molecule has 0 N–H and O–H groups in total. The number of hydrogen-bond acceptors (Lipinski definition) is 12. The number of benzene rings is 2. The van der Waals surface area contributed by atoms with E-state index < -0.39 is 40.4 Å². The first kappa shape index (κ1) is 34.5. The topological polar surface area (TPSA) is 142 Å². The molecule has 0 atom stereocenters. The summed E-state index contributed by atoms with van der Waals surface area (Å²) in [6.07, 6.45) is -0.0137. The molecule has 0 saturated heterocycles. The Morgan fingerprint density at radius 2 is 0.833 bits per heavy atom. The maximum Gasteiger partial charge on any atom is 0.543 e. The summed E-state index contributed by atoms with van der Waals surface area (Å²) >= 11 is 0. The lowest BCUT2D eigenvalue weighted by atomic mass is 10.2. The van der Waals surface area contributed by atoms with Gasteiger partial charge in [0, 0.05) is 0 Å². The van der Waals surface area contributed by atoms with E-state index in [1.165, 1.54) is 10.4 Å². The Labute approximate surface area is 246 Å². The van der Waals surface area contributed by atoms with Crippen LogP contribution in [0.3, 0.4) is 0 Å². The van der Waals surface area contributed by atoms with Crippen molar-refractivity contribution in [2.75, 3.05) is 13.2 Å². The lowest BCUT2D eigenvalue weighted by molar-refractivity contribution is -0.452. The van der Waals surface area contributed by atoms with E-state index in [-0.39, 0.29) is 24.3 Å². The molecule has 42 heavy (non-hydrogen) atoms. The maximum atomic E-state index is 11.9. The van der Waals surface area contributed by atoms with Gasteiger partial charge in [0.05, 0.1) is 50.6 Å². The van der Waals surface area contributed by atoms with Crippen molar-refractivity contribution in [1.82, 2.24) is 0 Å². The fraction of sp³-hybridized carbons (Fsp3) is 0.429. The summed E-state index contributed by atoms with van der Waals surface area (Å²) in [7, 11) is -2.99. The molecule has 14 heteroatoms. The number of carbonyl (C=O) groups excluding carboxylic acids is 4. The van der Waals surface area contributed by atoms with E-state index in [0.717, 1.165) is 0 Å². The molecule has 0 spiro atoms. The van der Waals surface area contributed by atoms with Gasteiger partial charge >= 0.3 is 24.2 Å². The van der Waals surface area contributed by atoms with E-state index in [4.69, 9.17) is 9.47 Å². The van der Waals surface area contributed by atoms with Crippen LogP contribution in [-0.4, -0.2) is 53.6 Å². The second kappa shape index (κ2) is 16.6. The van der Waals surface area contributed by atoms with Crippen LogP contribution in [0.15, 0.2) is 48.5 Å². The van der Waals surface area contributed by atoms with Crippen LogP contribution in [-0.2, 0) is 39.1 Å². The molecular weight excluding hydrogens is 584 g/mol. The Balaban J connectivity index is 1.45. The number of ether oxygens (including phenoxy) is 2. The van der Waals surface area contributed by atoms with E-state index in [1.54, 1.807) is 24.3 Å². The van der Waals surface area contributed by atoms with Crippen LogP contribution in [0.4, 0.5) is 9.59 Å². The van der Waals surface area contributed by atoms with Crippen molar-refractivity contribution >= 4 is 50.8 Å². The van der Waals surface area contributed by atoms with Gasteiger partial charge in [-0.2, -0.15) is 0 Å². The predicted octanol–water partition coefficient (Wildman–Crippen LogP) is 5.35. The Kier molecular flexibility index (Phi) is 13.7. The van der Waals surface area contributed by atoms with Gasteiger partial charge in [-0.3, -0.25) is 9.78 Å². The minimum absolute atomic E-state index is 0.0390. The Morgan fingerprint density at radius 1 is 0.500 bits per heavy atom. The van der Waals surface area contributed by atoms with Gasteiger partial charge in [-0.25, -0.2) is 29.0 Å². The third-order valence-electron chi connectivity index (χ3n) is 5.88. The molecule has 0 aliphatic carbocycles. The van der Waals surface area contributed by atoms with Gasteiger partial charge in [-0.15, -0.1) is 0 Å². The van der Waals surface area contributed by atoms with E-state index >= 15 is 0 Å². The zero-order valence-corrected chi connectivity index (χ0v) is 26.8. The first-order chi connectivity index (χ1) is 19.8. The Hall–Kier alpha value is -3.73. The van der Waals surface area contributed by atoms with Gasteiger partial charge < -0.3 is 9.47 Å². The average molecular weight is 623 g/mol. The lowest BCUT2D eigenvalue weighted by Crippen LogP contribution is -2.37. The average Bonchev–Trinajstić information content (AvgIpc) is 2.93. The minimum Gasteiger partial charge on any atom is -0.432 e. The highest BCUT2D eigenvalue weighted by atomic mass is 28.3. The highest BCUT2D eigenvalue weighted by molar-refractivity contribution is 6.89. The molecule has 0 aromatic heterocycles. The zero-order chi connectivity index (χ0) is 31.2. The van der Waals surface area contributed by atoms with Gasteiger partial charge in [0.1, 0.15) is 0 Å². The fourth-order valence-electron chi connectivity index (χ4n) is 3.38. The van der Waals surface area contributed by atoms with E-state index in [0.29, 0.717) is 25.7 Å². The van der Waals surface area contributed by atoms with Crippen molar-refractivity contribution in [3.63, 3.8) is 0 Å². The maximum absolute atomic E-state index is 11.9. The Morgan fingerprint density at radius 3 is 1.14 bits per heavy atom. The van der Waals surface area contributed by atoms with Crippen LogP contribution < -0.4 is 10.4 Å². The smallest absolute Gasteiger partial charge is 0.432 e. The lowest BCUT2D eigenvalue weighted by Gasteiger charge is -2.16. The normalized spacial score (nSPS) is 11.3. The molecular formula is C28H38O12Si2. The molecule has 12 nitrogen and oxygen atoms in total. The molecule has 0 radical (unpaired) electrons. The van der Waals surface area contributed by atoms with Crippen LogP contribution in [0, 0.1) is 0 Å². The molecule has 2 rings (SSSR count). The highest BCUT2D eigenvalue weighted by Crippen LogP contribution is 2.08. The summed E-state index contributed by atoms with van der Waals surface area (Å²) in [4.78, 5) is 64.4. The van der Waals surface area contributed by atoms with Crippen LogP contribution in [0.5, 0.6) is 0 Å². The summed E-state index contributed by atoms with van der Waals surface area (Å²) in [6.45, 7) is 13.2. The summed E-state index contributed by atoms with van der Waals surface area (Å²) in [5.74, 6) is -1.63. The fourth-order valence-corrected chi connectivity index (χ4v) is 5.71. The van der Waals surface area contributed by atoms with E-state index in [1.807, 2.05) is 24.3 Å². The first-order valence-electron chi connectivity index (χ1n) is 13.4. The van der Waals surface area contributed by atoms with Crippen LogP contribution in [0.2, 0.25) is 39.3 Å². The molecule has 230 valence electrons. The van der Waals surface area contributed by atoms with Crippen LogP contribution in [0.1, 0.15) is 46.4 Å². The van der Waals surface area contributed by atoms with Gasteiger partial charge in [0.25, 0.3) is 0 Å². The SMILES string of the molecule is C[Si](C)(C)c1ccc(C(=O)OOOC(=O)OCCCCCCOC(=O)OOOC(=O)c2ccc([Si](C)(C)C)cc2)cc1. The molecule has 0 aliphatic rings. The van der Waals surface area contributed by atoms with Crippen molar-refractivity contribution in [3.05, 3.63) is 59.7 Å². The molecule has 0 saturated carbocycles. The number of rotatable bonds is 15. The van der Waals surface area contributed by atoms with Crippen molar-refractivity contribution in [2.45, 2.75) is 65.0 Å². The standard InChI is InChI=1S/C28H38O12Si2/c1-41(2,3)23-15-11-21(12-16-23)25(29)35-39-37-27(31)33-19-9-7-8-10-20-34-28(32)38-40-36-26(30)22-13-17-24(18-14-22)42(4,5)6/h11-18H,7-10,19-20H2,1-6H3. The molecule has 0 aliphatic heterocycles. The first-order valence-corrected chi connectivity index (χ1v) is 20.4. The number of carbonyl (C=O) groups is 4. The summed E-state index contributed by atoms with van der Waals surface area (Å²) in [6, 6.07) is 13.9. The predicted molar refractivity (Wildman–Crippen MR) is 155 cm³/mol. The van der Waals surface area contributed by atoms with E-state index in [9.17, 15) is 19.2 Å². The second-order valence-electron chi connectivity index (χ2n) is 11.3. The molecule has 0 unspecified atom stereocenters. The number of unbranched alkanes of at least 4 members (excludes halogenated alkanes) is 3. The Bertz CT molecular complexity index is 1080. The molecule has 2 aromatic carbocycles. The largest absolute Gasteiger partial charge is 0.543 e.